The molecule has 148 valence electrons. The van der Waals surface area contributed by atoms with Gasteiger partial charge in [-0.2, -0.15) is 4.31 Å². The monoisotopic (exact) mass is 392 g/mol. The first-order chi connectivity index (χ1) is 12.9. The molecule has 1 aromatic rings. The Balaban J connectivity index is 1.57. The van der Waals surface area contributed by atoms with Crippen molar-refractivity contribution in [3.05, 3.63) is 29.8 Å². The Bertz CT molecular complexity index is 775. The second kappa shape index (κ2) is 8.52. The number of piperidine rings is 1. The molecule has 1 aromatic carbocycles. The van der Waals surface area contributed by atoms with E-state index < -0.39 is 10.0 Å². The SMILES string of the molecule is CC(=O)c1ccc(S(=O)(=O)N2CCC(C(=O)NC3CCCCC3)CC2)cc1. The Labute approximate surface area is 161 Å². The molecule has 0 bridgehead atoms. The summed E-state index contributed by atoms with van der Waals surface area (Å²) in [6.07, 6.45) is 6.78. The molecule has 27 heavy (non-hydrogen) atoms. The third-order valence-electron chi connectivity index (χ3n) is 5.67. The Morgan fingerprint density at radius 2 is 1.56 bits per heavy atom. The fourth-order valence-electron chi connectivity index (χ4n) is 3.93. The number of rotatable bonds is 5. The van der Waals surface area contributed by atoms with E-state index in [0.717, 1.165) is 12.8 Å². The maximum absolute atomic E-state index is 12.8. The first kappa shape index (κ1) is 20.0. The van der Waals surface area contributed by atoms with Gasteiger partial charge in [0.05, 0.1) is 4.90 Å². The van der Waals surface area contributed by atoms with Gasteiger partial charge in [0.15, 0.2) is 5.78 Å². The van der Waals surface area contributed by atoms with Gasteiger partial charge in [-0.3, -0.25) is 9.59 Å². The molecule has 0 radical (unpaired) electrons. The average molecular weight is 393 g/mol. The van der Waals surface area contributed by atoms with Crippen molar-refractivity contribution in [3.63, 3.8) is 0 Å². The second-order valence-electron chi connectivity index (χ2n) is 7.60. The minimum absolute atomic E-state index is 0.0739. The summed E-state index contributed by atoms with van der Waals surface area (Å²) in [5.41, 5.74) is 0.493. The normalized spacial score (nSPS) is 20.3. The maximum atomic E-state index is 12.8. The number of amides is 1. The Hall–Kier alpha value is -1.73. The van der Waals surface area contributed by atoms with Crippen LogP contribution in [0, 0.1) is 5.92 Å². The van der Waals surface area contributed by atoms with Gasteiger partial charge in [-0.1, -0.05) is 31.4 Å². The van der Waals surface area contributed by atoms with Crippen molar-refractivity contribution in [2.75, 3.05) is 13.1 Å². The van der Waals surface area contributed by atoms with Gasteiger partial charge in [0.25, 0.3) is 0 Å². The number of sulfonamides is 1. The van der Waals surface area contributed by atoms with Gasteiger partial charge in [0.1, 0.15) is 0 Å². The van der Waals surface area contributed by atoms with Crippen molar-refractivity contribution in [3.8, 4) is 0 Å². The highest BCUT2D eigenvalue weighted by Gasteiger charge is 2.32. The summed E-state index contributed by atoms with van der Waals surface area (Å²) in [6.45, 7) is 2.14. The topological polar surface area (TPSA) is 83.6 Å². The van der Waals surface area contributed by atoms with E-state index in [0.29, 0.717) is 31.5 Å². The van der Waals surface area contributed by atoms with Crippen molar-refractivity contribution in [2.24, 2.45) is 5.92 Å². The quantitative estimate of drug-likeness (QED) is 0.781. The van der Waals surface area contributed by atoms with Gasteiger partial charge in [-0.05, 0) is 44.7 Å². The number of hydrogen-bond donors (Lipinski definition) is 1. The summed E-state index contributed by atoms with van der Waals surface area (Å²) in [4.78, 5) is 24.0. The van der Waals surface area contributed by atoms with Crippen LogP contribution in [0.2, 0.25) is 0 Å². The van der Waals surface area contributed by atoms with Crippen LogP contribution in [0.3, 0.4) is 0 Å². The van der Waals surface area contributed by atoms with E-state index in [-0.39, 0.29) is 28.5 Å². The van der Waals surface area contributed by atoms with Crippen molar-refractivity contribution < 1.29 is 18.0 Å². The molecule has 6 nitrogen and oxygen atoms in total. The average Bonchev–Trinajstić information content (AvgIpc) is 2.69. The summed E-state index contributed by atoms with van der Waals surface area (Å²) in [5, 5.41) is 3.15. The van der Waals surface area contributed by atoms with Crippen molar-refractivity contribution >= 4 is 21.7 Å². The molecule has 1 N–H and O–H groups in total. The molecule has 1 aliphatic carbocycles. The summed E-state index contributed by atoms with van der Waals surface area (Å²) in [7, 11) is -3.59. The predicted molar refractivity (Wildman–Crippen MR) is 103 cm³/mol. The Morgan fingerprint density at radius 3 is 2.11 bits per heavy atom. The largest absolute Gasteiger partial charge is 0.353 e. The lowest BCUT2D eigenvalue weighted by Crippen LogP contribution is -2.45. The van der Waals surface area contributed by atoms with Crippen LogP contribution in [0.4, 0.5) is 0 Å². The van der Waals surface area contributed by atoms with Gasteiger partial charge in [0.2, 0.25) is 15.9 Å². The Morgan fingerprint density at radius 1 is 0.963 bits per heavy atom. The molecule has 0 spiro atoms. The van der Waals surface area contributed by atoms with Crippen molar-refractivity contribution in [2.45, 2.75) is 62.8 Å². The van der Waals surface area contributed by atoms with Crippen LogP contribution in [0.15, 0.2) is 29.2 Å². The minimum atomic E-state index is -3.59. The smallest absolute Gasteiger partial charge is 0.243 e. The zero-order valence-corrected chi connectivity index (χ0v) is 16.6. The van der Waals surface area contributed by atoms with Crippen LogP contribution in [-0.4, -0.2) is 43.5 Å². The lowest BCUT2D eigenvalue weighted by atomic mass is 9.93. The highest BCUT2D eigenvalue weighted by atomic mass is 32.2. The third kappa shape index (κ3) is 4.76. The summed E-state index contributed by atoms with van der Waals surface area (Å²) in [6, 6.07) is 6.33. The fourth-order valence-corrected chi connectivity index (χ4v) is 5.40. The number of benzene rings is 1. The third-order valence-corrected chi connectivity index (χ3v) is 7.59. The van der Waals surface area contributed by atoms with Gasteiger partial charge < -0.3 is 5.32 Å². The van der Waals surface area contributed by atoms with Gasteiger partial charge in [-0.25, -0.2) is 8.42 Å². The van der Waals surface area contributed by atoms with Crippen molar-refractivity contribution in [1.82, 2.24) is 9.62 Å². The lowest BCUT2D eigenvalue weighted by molar-refractivity contribution is -0.127. The molecule has 0 aromatic heterocycles. The molecule has 1 amide bonds. The van der Waals surface area contributed by atoms with Crippen LogP contribution < -0.4 is 5.32 Å². The van der Waals surface area contributed by atoms with Crippen LogP contribution in [-0.2, 0) is 14.8 Å². The second-order valence-corrected chi connectivity index (χ2v) is 9.54. The maximum Gasteiger partial charge on any atom is 0.243 e. The molecule has 2 fully saturated rings. The predicted octanol–water partition coefficient (Wildman–Crippen LogP) is 2.74. The van der Waals surface area contributed by atoms with E-state index in [1.165, 1.54) is 42.6 Å². The van der Waals surface area contributed by atoms with E-state index in [1.807, 2.05) is 0 Å². The first-order valence-corrected chi connectivity index (χ1v) is 11.2. The lowest BCUT2D eigenvalue weighted by Gasteiger charge is -2.32. The fraction of sp³-hybridized carbons (Fsp3) is 0.600. The minimum Gasteiger partial charge on any atom is -0.353 e. The number of carbonyl (C=O) groups excluding carboxylic acids is 2. The number of Topliss-reactive ketones (excluding diaryl/α,β-unsaturated/α-hetero) is 1. The molecule has 7 heteroatoms. The van der Waals surface area contributed by atoms with E-state index in [4.69, 9.17) is 0 Å². The zero-order valence-electron chi connectivity index (χ0n) is 15.8. The van der Waals surface area contributed by atoms with Gasteiger partial charge in [0, 0.05) is 30.6 Å². The van der Waals surface area contributed by atoms with Crippen LogP contribution in [0.1, 0.15) is 62.2 Å². The molecule has 3 rings (SSSR count). The van der Waals surface area contributed by atoms with Gasteiger partial charge >= 0.3 is 0 Å². The molecule has 1 saturated heterocycles. The van der Waals surface area contributed by atoms with Gasteiger partial charge in [-0.15, -0.1) is 0 Å². The number of nitrogens with one attached hydrogen (secondary N) is 1. The van der Waals surface area contributed by atoms with Crippen LogP contribution >= 0.6 is 0 Å². The van der Waals surface area contributed by atoms with Crippen LogP contribution in [0.25, 0.3) is 0 Å². The summed E-state index contributed by atoms with van der Waals surface area (Å²) < 4.78 is 27.0. The summed E-state index contributed by atoms with van der Waals surface area (Å²) >= 11 is 0. The standard InChI is InChI=1S/C20H28N2O4S/c1-15(23)16-7-9-19(10-8-16)27(25,26)22-13-11-17(12-14-22)20(24)21-18-5-3-2-4-6-18/h7-10,17-18H,2-6,11-14H2,1H3,(H,21,24). The molecule has 0 unspecified atom stereocenters. The number of ketones is 1. The molecular weight excluding hydrogens is 364 g/mol. The molecule has 1 heterocycles. The number of nitrogens with zero attached hydrogens (tertiary/aromatic N) is 1. The van der Waals surface area contributed by atoms with E-state index in [2.05, 4.69) is 5.32 Å². The summed E-state index contributed by atoms with van der Waals surface area (Å²) in [5.74, 6) is -0.132. The van der Waals surface area contributed by atoms with E-state index >= 15 is 0 Å². The first-order valence-electron chi connectivity index (χ1n) is 9.79. The molecule has 1 saturated carbocycles. The molecular formula is C20H28N2O4S. The Kier molecular flexibility index (Phi) is 6.32. The zero-order chi connectivity index (χ0) is 19.4. The van der Waals surface area contributed by atoms with Crippen LogP contribution in [0.5, 0.6) is 0 Å². The van der Waals surface area contributed by atoms with E-state index in [1.54, 1.807) is 12.1 Å². The molecule has 0 atom stereocenters. The molecule has 1 aliphatic heterocycles. The highest BCUT2D eigenvalue weighted by Crippen LogP contribution is 2.25. The van der Waals surface area contributed by atoms with Crippen molar-refractivity contribution in [1.29, 1.82) is 0 Å². The van der Waals surface area contributed by atoms with E-state index in [9.17, 15) is 18.0 Å². The number of hydrogen-bond acceptors (Lipinski definition) is 4. The molecule has 2 aliphatic rings. The highest BCUT2D eigenvalue weighted by molar-refractivity contribution is 7.89. The number of carbonyl (C=O) groups is 2.